The van der Waals surface area contributed by atoms with Crippen LogP contribution >= 0.6 is 11.8 Å². The van der Waals surface area contributed by atoms with E-state index in [0.29, 0.717) is 6.42 Å². The molecule has 1 aromatic rings. The molecule has 0 aliphatic heterocycles. The Kier molecular flexibility index (Phi) is 6.74. The molecule has 0 bridgehead atoms. The van der Waals surface area contributed by atoms with Gasteiger partial charge in [0.2, 0.25) is 0 Å². The van der Waals surface area contributed by atoms with E-state index in [0.717, 1.165) is 18.6 Å². The molecule has 0 aliphatic carbocycles. The molecule has 1 atom stereocenters. The van der Waals surface area contributed by atoms with Crippen molar-refractivity contribution in [2.24, 2.45) is 0 Å². The number of hydrogen-bond acceptors (Lipinski definition) is 3. The van der Waals surface area contributed by atoms with Gasteiger partial charge in [-0.25, -0.2) is 0 Å². The van der Waals surface area contributed by atoms with Gasteiger partial charge in [0.1, 0.15) is 0 Å². The Balaban J connectivity index is 2.03. The van der Waals surface area contributed by atoms with Gasteiger partial charge < -0.3 is 10.2 Å². The van der Waals surface area contributed by atoms with Crippen molar-refractivity contribution in [2.75, 3.05) is 5.75 Å². The van der Waals surface area contributed by atoms with Crippen molar-refractivity contribution < 1.29 is 15.0 Å². The zero-order valence-electron chi connectivity index (χ0n) is 9.71. The van der Waals surface area contributed by atoms with Gasteiger partial charge in [0.25, 0.3) is 0 Å². The minimum absolute atomic E-state index is 0.147. The third-order valence-corrected chi connectivity index (χ3v) is 3.45. The minimum Gasteiger partial charge on any atom is -0.481 e. The normalized spacial score (nSPS) is 12.3. The molecule has 4 heteroatoms. The van der Waals surface area contributed by atoms with Gasteiger partial charge in [-0.05, 0) is 30.7 Å². The Bertz CT molecular complexity index is 327. The van der Waals surface area contributed by atoms with Crippen molar-refractivity contribution in [2.45, 2.75) is 36.7 Å². The van der Waals surface area contributed by atoms with Gasteiger partial charge in [-0.15, -0.1) is 11.8 Å². The summed E-state index contributed by atoms with van der Waals surface area (Å²) in [6, 6.07) is 10.2. The summed E-state index contributed by atoms with van der Waals surface area (Å²) in [6.07, 6.45) is 1.59. The average molecular weight is 254 g/mol. The zero-order chi connectivity index (χ0) is 12.5. The van der Waals surface area contributed by atoms with Crippen LogP contribution in [0.5, 0.6) is 0 Å². The summed E-state index contributed by atoms with van der Waals surface area (Å²) in [5, 5.41) is 17.8. The standard InChI is InChI=1S/C13H18O3S/c14-11(10-13(15)16)6-4-5-9-17-12-7-2-1-3-8-12/h1-3,7-8,11,14H,4-6,9-10H2,(H,15,16). The van der Waals surface area contributed by atoms with Crippen LogP contribution in [0.25, 0.3) is 0 Å². The molecule has 0 amide bonds. The molecule has 1 aromatic carbocycles. The molecule has 94 valence electrons. The van der Waals surface area contributed by atoms with E-state index in [1.807, 2.05) is 18.2 Å². The molecule has 0 aliphatic rings. The van der Waals surface area contributed by atoms with E-state index >= 15 is 0 Å². The van der Waals surface area contributed by atoms with Gasteiger partial charge in [0.15, 0.2) is 0 Å². The van der Waals surface area contributed by atoms with Crippen LogP contribution in [0.3, 0.4) is 0 Å². The van der Waals surface area contributed by atoms with Gasteiger partial charge in [-0.1, -0.05) is 24.6 Å². The Morgan fingerprint density at radius 3 is 2.59 bits per heavy atom. The van der Waals surface area contributed by atoms with Gasteiger partial charge >= 0.3 is 5.97 Å². The number of hydrogen-bond donors (Lipinski definition) is 2. The number of aliphatic hydroxyl groups is 1. The molecule has 2 N–H and O–H groups in total. The Morgan fingerprint density at radius 1 is 1.24 bits per heavy atom. The van der Waals surface area contributed by atoms with Crippen LogP contribution < -0.4 is 0 Å². The summed E-state index contributed by atoms with van der Waals surface area (Å²) in [5.74, 6) is 0.0697. The van der Waals surface area contributed by atoms with Crippen molar-refractivity contribution in [3.05, 3.63) is 30.3 Å². The Labute approximate surface area is 106 Å². The van der Waals surface area contributed by atoms with Crippen LogP contribution in [0.1, 0.15) is 25.7 Å². The summed E-state index contributed by atoms with van der Waals surface area (Å²) in [4.78, 5) is 11.6. The largest absolute Gasteiger partial charge is 0.481 e. The second-order valence-corrected chi connectivity index (χ2v) is 5.08. The summed E-state index contributed by atoms with van der Waals surface area (Å²) in [7, 11) is 0. The number of carboxylic acid groups (broad SMARTS) is 1. The minimum atomic E-state index is -0.934. The third kappa shape index (κ3) is 7.02. The predicted octanol–water partition coefficient (Wildman–Crippen LogP) is 2.78. The van der Waals surface area contributed by atoms with Gasteiger partial charge in [0.05, 0.1) is 12.5 Å². The topological polar surface area (TPSA) is 57.5 Å². The molecule has 0 saturated carbocycles. The second kappa shape index (κ2) is 8.14. The smallest absolute Gasteiger partial charge is 0.305 e. The number of aliphatic hydroxyl groups excluding tert-OH is 1. The van der Waals surface area contributed by atoms with Crippen molar-refractivity contribution in [3.8, 4) is 0 Å². The fourth-order valence-corrected chi connectivity index (χ4v) is 2.43. The Hall–Kier alpha value is -1.00. The van der Waals surface area contributed by atoms with Gasteiger partial charge in [-0.3, -0.25) is 4.79 Å². The first-order valence-electron chi connectivity index (χ1n) is 5.76. The first-order valence-corrected chi connectivity index (χ1v) is 6.75. The van der Waals surface area contributed by atoms with E-state index in [1.165, 1.54) is 4.90 Å². The van der Waals surface area contributed by atoms with Crippen LogP contribution in [0.15, 0.2) is 35.2 Å². The molecule has 0 heterocycles. The summed E-state index contributed by atoms with van der Waals surface area (Å²) >= 11 is 1.79. The lowest BCUT2D eigenvalue weighted by Gasteiger charge is -2.07. The van der Waals surface area contributed by atoms with Crippen LogP contribution in [-0.4, -0.2) is 28.0 Å². The van der Waals surface area contributed by atoms with Crippen LogP contribution in [-0.2, 0) is 4.79 Å². The van der Waals surface area contributed by atoms with E-state index in [4.69, 9.17) is 5.11 Å². The van der Waals surface area contributed by atoms with Crippen LogP contribution in [0.2, 0.25) is 0 Å². The predicted molar refractivity (Wildman–Crippen MR) is 69.3 cm³/mol. The summed E-state index contributed by atoms with van der Waals surface area (Å²) in [6.45, 7) is 0. The fraction of sp³-hybridized carbons (Fsp3) is 0.462. The number of rotatable bonds is 8. The van der Waals surface area contributed by atoms with Crippen molar-refractivity contribution in [1.82, 2.24) is 0 Å². The number of carbonyl (C=O) groups is 1. The SMILES string of the molecule is O=C(O)CC(O)CCCCSc1ccccc1. The number of thioether (sulfide) groups is 1. The van der Waals surface area contributed by atoms with Crippen molar-refractivity contribution in [3.63, 3.8) is 0 Å². The highest BCUT2D eigenvalue weighted by Crippen LogP contribution is 2.19. The maximum Gasteiger partial charge on any atom is 0.305 e. The number of unbranched alkanes of at least 4 members (excludes halogenated alkanes) is 1. The van der Waals surface area contributed by atoms with Gasteiger partial charge in [0, 0.05) is 4.90 Å². The van der Waals surface area contributed by atoms with E-state index in [-0.39, 0.29) is 6.42 Å². The molecule has 1 unspecified atom stereocenters. The van der Waals surface area contributed by atoms with Gasteiger partial charge in [-0.2, -0.15) is 0 Å². The molecule has 0 aromatic heterocycles. The van der Waals surface area contributed by atoms with Crippen molar-refractivity contribution >= 4 is 17.7 Å². The average Bonchev–Trinajstić information content (AvgIpc) is 2.29. The quantitative estimate of drug-likeness (QED) is 0.553. The molecule has 0 spiro atoms. The first kappa shape index (κ1) is 14.1. The van der Waals surface area contributed by atoms with Crippen LogP contribution in [0, 0.1) is 0 Å². The molecule has 0 radical (unpaired) electrons. The monoisotopic (exact) mass is 254 g/mol. The Morgan fingerprint density at radius 2 is 1.94 bits per heavy atom. The third-order valence-electron chi connectivity index (χ3n) is 2.35. The lowest BCUT2D eigenvalue weighted by atomic mass is 10.1. The lowest BCUT2D eigenvalue weighted by Crippen LogP contribution is -2.12. The van der Waals surface area contributed by atoms with Crippen molar-refractivity contribution in [1.29, 1.82) is 0 Å². The summed E-state index contributed by atoms with van der Waals surface area (Å²) in [5.41, 5.74) is 0. The van der Waals surface area contributed by atoms with E-state index in [9.17, 15) is 9.90 Å². The van der Waals surface area contributed by atoms with E-state index < -0.39 is 12.1 Å². The molecular weight excluding hydrogens is 236 g/mol. The molecular formula is C13H18O3S. The van der Waals surface area contributed by atoms with E-state index in [1.54, 1.807) is 11.8 Å². The second-order valence-electron chi connectivity index (χ2n) is 3.91. The molecule has 1 rings (SSSR count). The lowest BCUT2D eigenvalue weighted by molar-refractivity contribution is -0.139. The highest BCUT2D eigenvalue weighted by atomic mass is 32.2. The number of benzene rings is 1. The molecule has 0 fully saturated rings. The van der Waals surface area contributed by atoms with E-state index in [2.05, 4.69) is 12.1 Å². The first-order chi connectivity index (χ1) is 8.18. The molecule has 17 heavy (non-hydrogen) atoms. The van der Waals surface area contributed by atoms with Crippen LogP contribution in [0.4, 0.5) is 0 Å². The molecule has 3 nitrogen and oxygen atoms in total. The highest BCUT2D eigenvalue weighted by Gasteiger charge is 2.08. The maximum atomic E-state index is 10.3. The molecule has 0 saturated heterocycles. The highest BCUT2D eigenvalue weighted by molar-refractivity contribution is 7.99. The summed E-state index contributed by atoms with van der Waals surface area (Å²) < 4.78 is 0. The zero-order valence-corrected chi connectivity index (χ0v) is 10.5. The number of carboxylic acids is 1. The maximum absolute atomic E-state index is 10.3. The fourth-order valence-electron chi connectivity index (χ4n) is 1.49. The number of aliphatic carboxylic acids is 1.